The molecule has 0 fully saturated rings. The van der Waals surface area contributed by atoms with E-state index in [4.69, 9.17) is 9.47 Å². The van der Waals surface area contributed by atoms with Gasteiger partial charge in [0.1, 0.15) is 11.5 Å². The van der Waals surface area contributed by atoms with Gasteiger partial charge < -0.3 is 9.47 Å². The van der Waals surface area contributed by atoms with E-state index in [1.165, 1.54) is 6.21 Å². The average molecular weight is 453 g/mol. The number of rotatable bonds is 11. The smallest absolute Gasteiger partial charge is 0.271 e. The lowest BCUT2D eigenvalue weighted by Gasteiger charge is -2.09. The predicted octanol–water partition coefficient (Wildman–Crippen LogP) is 4.28. The molecule has 2 amide bonds. The molecule has 0 spiro atoms. The van der Waals surface area contributed by atoms with Crippen molar-refractivity contribution < 1.29 is 19.1 Å². The van der Waals surface area contributed by atoms with E-state index in [-0.39, 0.29) is 11.8 Å². The van der Waals surface area contributed by atoms with Gasteiger partial charge in [0, 0.05) is 11.1 Å². The van der Waals surface area contributed by atoms with Crippen molar-refractivity contribution >= 4 is 23.7 Å². The summed E-state index contributed by atoms with van der Waals surface area (Å²) in [5.74, 6) is 1.54. The molecule has 33 heavy (non-hydrogen) atoms. The Kier molecular flexibility index (Phi) is 10.1. The van der Waals surface area contributed by atoms with Gasteiger partial charge in [-0.25, -0.2) is 10.9 Å². The summed E-state index contributed by atoms with van der Waals surface area (Å²) in [5, 5.41) is 7.84. The first-order valence-electron chi connectivity index (χ1n) is 10.9. The summed E-state index contributed by atoms with van der Waals surface area (Å²) in [6.07, 6.45) is 1.35. The number of carbonyl (C=O) groups excluding carboxylic acids is 2. The van der Waals surface area contributed by atoms with Crippen LogP contribution in [0.3, 0.4) is 0 Å². The largest absolute Gasteiger partial charge is 0.493 e. The highest BCUT2D eigenvalue weighted by atomic mass is 16.5. The number of nitrogens with zero attached hydrogens (tertiary/aromatic N) is 2. The minimum atomic E-state index is -0.363. The molecule has 0 bridgehead atoms. The predicted molar refractivity (Wildman–Crippen MR) is 130 cm³/mol. The Morgan fingerprint density at radius 1 is 0.788 bits per heavy atom. The van der Waals surface area contributed by atoms with Gasteiger partial charge in [0.2, 0.25) is 0 Å². The molecular formula is C25H32N4O4. The molecule has 0 aliphatic heterocycles. The second-order valence-electron chi connectivity index (χ2n) is 8.35. The van der Waals surface area contributed by atoms with Crippen LogP contribution >= 0.6 is 0 Å². The van der Waals surface area contributed by atoms with Gasteiger partial charge in [-0.05, 0) is 67.3 Å². The molecule has 2 rings (SSSR count). The maximum absolute atomic E-state index is 12.2. The Balaban J connectivity index is 1.81. The molecule has 0 aliphatic rings. The lowest BCUT2D eigenvalue weighted by Crippen LogP contribution is -2.21. The van der Waals surface area contributed by atoms with Crippen LogP contribution in [0.1, 0.15) is 55.3 Å². The summed E-state index contributed by atoms with van der Waals surface area (Å²) in [7, 11) is 0. The van der Waals surface area contributed by atoms with E-state index in [1.54, 1.807) is 55.5 Å². The van der Waals surface area contributed by atoms with Gasteiger partial charge in [-0.2, -0.15) is 10.2 Å². The Morgan fingerprint density at radius 2 is 1.21 bits per heavy atom. The number of ether oxygens (including phenoxy) is 2. The minimum absolute atomic E-state index is 0.359. The Hall–Kier alpha value is -3.68. The SMILES string of the molecule is CC(/C=N/NC(=O)c1ccc(OCC(C)C)cc1)=N\NC(=O)c1ccc(OCC(C)C)cc1. The van der Waals surface area contributed by atoms with Crippen molar-refractivity contribution in [2.75, 3.05) is 13.2 Å². The zero-order valence-corrected chi connectivity index (χ0v) is 19.8. The molecule has 0 aromatic heterocycles. The average Bonchev–Trinajstić information content (AvgIpc) is 2.80. The van der Waals surface area contributed by atoms with Crippen LogP contribution in [-0.2, 0) is 0 Å². The molecule has 2 N–H and O–H groups in total. The fourth-order valence-electron chi connectivity index (χ4n) is 2.41. The molecule has 0 aliphatic carbocycles. The minimum Gasteiger partial charge on any atom is -0.493 e. The molecule has 8 heteroatoms. The number of benzene rings is 2. The zero-order chi connectivity index (χ0) is 24.2. The van der Waals surface area contributed by atoms with E-state index in [1.807, 2.05) is 0 Å². The molecule has 0 saturated heterocycles. The third-order valence-corrected chi connectivity index (χ3v) is 4.15. The Labute approximate surface area is 195 Å². The van der Waals surface area contributed by atoms with Gasteiger partial charge in [-0.1, -0.05) is 27.7 Å². The number of amides is 2. The maximum atomic E-state index is 12.2. The van der Waals surface area contributed by atoms with Crippen molar-refractivity contribution in [3.63, 3.8) is 0 Å². The first-order valence-corrected chi connectivity index (χ1v) is 10.9. The summed E-state index contributed by atoms with van der Waals surface area (Å²) in [4.78, 5) is 24.4. The third-order valence-electron chi connectivity index (χ3n) is 4.15. The molecule has 8 nitrogen and oxygen atoms in total. The maximum Gasteiger partial charge on any atom is 0.271 e. The van der Waals surface area contributed by atoms with Gasteiger partial charge in [0.15, 0.2) is 0 Å². The number of carbonyl (C=O) groups is 2. The van der Waals surface area contributed by atoms with Crippen LogP contribution in [0.2, 0.25) is 0 Å². The second kappa shape index (κ2) is 13.0. The fraction of sp³-hybridized carbons (Fsp3) is 0.360. The van der Waals surface area contributed by atoms with Crippen molar-refractivity contribution in [2.24, 2.45) is 22.0 Å². The van der Waals surface area contributed by atoms with E-state index < -0.39 is 0 Å². The molecule has 0 unspecified atom stereocenters. The van der Waals surface area contributed by atoms with Crippen LogP contribution in [0, 0.1) is 11.8 Å². The summed E-state index contributed by atoms with van der Waals surface area (Å²) in [6, 6.07) is 13.6. The summed E-state index contributed by atoms with van der Waals surface area (Å²) in [6.45, 7) is 11.2. The first kappa shape index (κ1) is 25.6. The lowest BCUT2D eigenvalue weighted by atomic mass is 10.2. The fourth-order valence-corrected chi connectivity index (χ4v) is 2.41. The lowest BCUT2D eigenvalue weighted by molar-refractivity contribution is 0.0946. The topological polar surface area (TPSA) is 101 Å². The normalized spacial score (nSPS) is 11.7. The van der Waals surface area contributed by atoms with Gasteiger partial charge in [-0.15, -0.1) is 0 Å². The quantitative estimate of drug-likeness (QED) is 0.392. The molecule has 0 saturated carbocycles. The van der Waals surface area contributed by atoms with E-state index >= 15 is 0 Å². The molecular weight excluding hydrogens is 420 g/mol. The molecule has 0 heterocycles. The van der Waals surface area contributed by atoms with Crippen molar-refractivity contribution in [1.29, 1.82) is 0 Å². The van der Waals surface area contributed by atoms with Crippen LogP contribution in [0.4, 0.5) is 0 Å². The summed E-state index contributed by atoms with van der Waals surface area (Å²) < 4.78 is 11.2. The number of hydrogen-bond donors (Lipinski definition) is 2. The second-order valence-corrected chi connectivity index (χ2v) is 8.35. The summed E-state index contributed by atoms with van der Waals surface area (Å²) in [5.41, 5.74) is 6.20. The highest BCUT2D eigenvalue weighted by Crippen LogP contribution is 2.14. The van der Waals surface area contributed by atoms with Crippen LogP contribution in [0.5, 0.6) is 11.5 Å². The van der Waals surface area contributed by atoms with Gasteiger partial charge in [0.25, 0.3) is 11.8 Å². The van der Waals surface area contributed by atoms with Gasteiger partial charge in [0.05, 0.1) is 25.1 Å². The van der Waals surface area contributed by atoms with E-state index in [0.29, 0.717) is 53.4 Å². The first-order chi connectivity index (χ1) is 15.7. The number of hydrogen-bond acceptors (Lipinski definition) is 6. The zero-order valence-electron chi connectivity index (χ0n) is 19.8. The van der Waals surface area contributed by atoms with Gasteiger partial charge in [-0.3, -0.25) is 9.59 Å². The van der Waals surface area contributed by atoms with Crippen molar-refractivity contribution in [3.05, 3.63) is 59.7 Å². The molecule has 2 aromatic carbocycles. The van der Waals surface area contributed by atoms with Crippen molar-refractivity contribution in [2.45, 2.75) is 34.6 Å². The highest BCUT2D eigenvalue weighted by molar-refractivity contribution is 6.29. The van der Waals surface area contributed by atoms with E-state index in [9.17, 15) is 9.59 Å². The molecule has 0 radical (unpaired) electrons. The highest BCUT2D eigenvalue weighted by Gasteiger charge is 2.06. The Morgan fingerprint density at radius 3 is 1.64 bits per heavy atom. The van der Waals surface area contributed by atoms with Crippen LogP contribution in [0.25, 0.3) is 0 Å². The summed E-state index contributed by atoms with van der Waals surface area (Å²) >= 11 is 0. The third kappa shape index (κ3) is 9.55. The van der Waals surface area contributed by atoms with Crippen molar-refractivity contribution in [1.82, 2.24) is 10.9 Å². The van der Waals surface area contributed by atoms with Crippen LogP contribution < -0.4 is 20.3 Å². The van der Waals surface area contributed by atoms with Crippen molar-refractivity contribution in [3.8, 4) is 11.5 Å². The van der Waals surface area contributed by atoms with Crippen LogP contribution in [-0.4, -0.2) is 37.0 Å². The van der Waals surface area contributed by atoms with Crippen LogP contribution in [0.15, 0.2) is 58.7 Å². The molecule has 176 valence electrons. The van der Waals surface area contributed by atoms with E-state index in [0.717, 1.165) is 0 Å². The molecule has 2 aromatic rings. The van der Waals surface area contributed by atoms with E-state index in [2.05, 4.69) is 48.7 Å². The standard InChI is InChI=1S/C25H32N4O4/c1-17(2)15-32-22-10-6-20(7-11-22)24(30)28-26-14-19(5)27-29-25(31)21-8-12-23(13-9-21)33-16-18(3)4/h6-14,17-18H,15-16H2,1-5H3,(H,28,30)(H,29,31)/b26-14+,27-19+. The molecule has 0 atom stereocenters. The Bertz CT molecular complexity index is 965. The number of nitrogens with one attached hydrogen (secondary N) is 2. The number of hydrazone groups is 2. The van der Waals surface area contributed by atoms with Gasteiger partial charge >= 0.3 is 0 Å². The monoisotopic (exact) mass is 452 g/mol.